The van der Waals surface area contributed by atoms with E-state index in [1.165, 1.54) is 4.88 Å². The second kappa shape index (κ2) is 3.64. The fraction of sp³-hybridized carbons (Fsp3) is 0.0833. The number of hydrogen-bond acceptors (Lipinski definition) is 3. The van der Waals surface area contributed by atoms with Crippen molar-refractivity contribution in [1.82, 2.24) is 9.55 Å². The van der Waals surface area contributed by atoms with Crippen LogP contribution < -0.4 is 5.73 Å². The number of rotatable bonds is 2. The van der Waals surface area contributed by atoms with E-state index in [1.807, 2.05) is 28.8 Å². The molecule has 0 aliphatic heterocycles. The zero-order valence-corrected chi connectivity index (χ0v) is 9.45. The number of aromatic nitrogens is 2. The van der Waals surface area contributed by atoms with E-state index >= 15 is 0 Å². The molecule has 0 atom stereocenters. The third-order valence-corrected chi connectivity index (χ3v) is 3.44. The highest BCUT2D eigenvalue weighted by Gasteiger charge is 2.07. The van der Waals surface area contributed by atoms with Crippen molar-refractivity contribution >= 4 is 28.3 Å². The van der Waals surface area contributed by atoms with Gasteiger partial charge in [-0.3, -0.25) is 0 Å². The van der Waals surface area contributed by atoms with Crippen LogP contribution in [-0.4, -0.2) is 9.55 Å². The number of para-hydroxylation sites is 2. The first-order valence-electron chi connectivity index (χ1n) is 5.08. The molecule has 0 unspecified atom stereocenters. The predicted molar refractivity (Wildman–Crippen MR) is 67.6 cm³/mol. The van der Waals surface area contributed by atoms with Crippen LogP contribution in [0.4, 0.5) is 5.95 Å². The Morgan fingerprint density at radius 1 is 1.19 bits per heavy atom. The Morgan fingerprint density at radius 2 is 2.06 bits per heavy atom. The maximum absolute atomic E-state index is 5.93. The Hall–Kier alpha value is -1.81. The molecule has 4 heteroatoms. The number of nitrogens with zero attached hydrogens (tertiary/aromatic N) is 2. The van der Waals surface area contributed by atoms with E-state index < -0.39 is 0 Å². The molecule has 3 rings (SSSR count). The van der Waals surface area contributed by atoms with Gasteiger partial charge in [-0.2, -0.15) is 0 Å². The molecule has 3 aromatic rings. The molecule has 0 saturated heterocycles. The minimum Gasteiger partial charge on any atom is -0.369 e. The molecule has 80 valence electrons. The molecule has 0 bridgehead atoms. The summed E-state index contributed by atoms with van der Waals surface area (Å²) in [7, 11) is 0. The van der Waals surface area contributed by atoms with Gasteiger partial charge in [0.1, 0.15) is 0 Å². The molecule has 2 aromatic heterocycles. The summed E-state index contributed by atoms with van der Waals surface area (Å²) in [5.41, 5.74) is 7.97. The lowest BCUT2D eigenvalue weighted by atomic mass is 10.3. The van der Waals surface area contributed by atoms with Crippen LogP contribution in [0.2, 0.25) is 0 Å². The van der Waals surface area contributed by atoms with Crippen molar-refractivity contribution in [1.29, 1.82) is 0 Å². The van der Waals surface area contributed by atoms with Crippen molar-refractivity contribution in [3.8, 4) is 0 Å². The van der Waals surface area contributed by atoms with Crippen molar-refractivity contribution in [3.63, 3.8) is 0 Å². The van der Waals surface area contributed by atoms with Gasteiger partial charge in [-0.15, -0.1) is 11.3 Å². The number of nitrogens with two attached hydrogens (primary N) is 1. The maximum atomic E-state index is 5.93. The average Bonchev–Trinajstić information content (AvgIpc) is 2.89. The van der Waals surface area contributed by atoms with Gasteiger partial charge in [0.2, 0.25) is 5.95 Å². The summed E-state index contributed by atoms with van der Waals surface area (Å²) < 4.78 is 2.04. The fourth-order valence-corrected chi connectivity index (χ4v) is 2.51. The molecule has 0 radical (unpaired) electrons. The molecule has 0 aliphatic rings. The van der Waals surface area contributed by atoms with Crippen molar-refractivity contribution < 1.29 is 0 Å². The number of imidazole rings is 1. The molecule has 0 fully saturated rings. The summed E-state index contributed by atoms with van der Waals surface area (Å²) in [5, 5.41) is 2.07. The van der Waals surface area contributed by atoms with Crippen LogP contribution in [0.25, 0.3) is 11.0 Å². The first-order chi connectivity index (χ1) is 7.84. The normalized spacial score (nSPS) is 11.0. The second-order valence-corrected chi connectivity index (χ2v) is 4.66. The second-order valence-electron chi connectivity index (χ2n) is 3.62. The van der Waals surface area contributed by atoms with Gasteiger partial charge in [0, 0.05) is 4.88 Å². The van der Waals surface area contributed by atoms with Crippen LogP contribution in [0, 0.1) is 0 Å². The highest BCUT2D eigenvalue weighted by atomic mass is 32.1. The Kier molecular flexibility index (Phi) is 2.15. The first-order valence-corrected chi connectivity index (χ1v) is 5.96. The Labute approximate surface area is 97.2 Å². The molecule has 16 heavy (non-hydrogen) atoms. The Balaban J connectivity index is 2.12. The van der Waals surface area contributed by atoms with Gasteiger partial charge in [-0.1, -0.05) is 18.2 Å². The maximum Gasteiger partial charge on any atom is 0.201 e. The summed E-state index contributed by atoms with van der Waals surface area (Å²) in [6.45, 7) is 0.796. The topological polar surface area (TPSA) is 43.8 Å². The van der Waals surface area contributed by atoms with E-state index in [9.17, 15) is 0 Å². The predicted octanol–water partition coefficient (Wildman–Crippen LogP) is 2.73. The van der Waals surface area contributed by atoms with Crippen molar-refractivity contribution in [2.75, 3.05) is 5.73 Å². The SMILES string of the molecule is Nc1nc2ccccc2n1Cc1cccs1. The van der Waals surface area contributed by atoms with Gasteiger partial charge < -0.3 is 10.3 Å². The number of nitrogen functional groups attached to an aromatic ring is 1. The number of benzene rings is 1. The minimum atomic E-state index is 0.578. The number of thiophene rings is 1. The van der Waals surface area contributed by atoms with Crippen molar-refractivity contribution in [2.45, 2.75) is 6.54 Å². The molecule has 3 nitrogen and oxygen atoms in total. The third-order valence-electron chi connectivity index (χ3n) is 2.58. The lowest BCUT2D eigenvalue weighted by molar-refractivity contribution is 0.853. The average molecular weight is 229 g/mol. The van der Waals surface area contributed by atoms with E-state index in [0.717, 1.165) is 17.6 Å². The van der Waals surface area contributed by atoms with Crippen LogP contribution >= 0.6 is 11.3 Å². The van der Waals surface area contributed by atoms with Gasteiger partial charge >= 0.3 is 0 Å². The highest BCUT2D eigenvalue weighted by Crippen LogP contribution is 2.20. The zero-order valence-electron chi connectivity index (χ0n) is 8.63. The molecule has 2 N–H and O–H groups in total. The van der Waals surface area contributed by atoms with E-state index in [0.29, 0.717) is 5.95 Å². The van der Waals surface area contributed by atoms with Crippen LogP contribution in [-0.2, 0) is 6.54 Å². The lowest BCUT2D eigenvalue weighted by Gasteiger charge is -2.03. The van der Waals surface area contributed by atoms with Crippen LogP contribution in [0.15, 0.2) is 41.8 Å². The zero-order chi connectivity index (χ0) is 11.0. The standard InChI is InChI=1S/C12H11N3S/c13-12-14-10-5-1-2-6-11(10)15(12)8-9-4-3-7-16-9/h1-7H,8H2,(H2,13,14). The smallest absolute Gasteiger partial charge is 0.201 e. The van der Waals surface area contributed by atoms with Gasteiger partial charge in [0.25, 0.3) is 0 Å². The quantitative estimate of drug-likeness (QED) is 0.734. The van der Waals surface area contributed by atoms with Crippen LogP contribution in [0.5, 0.6) is 0 Å². The number of fused-ring (bicyclic) bond motifs is 1. The molecular formula is C12H11N3S. The molecule has 1 aromatic carbocycles. The summed E-state index contributed by atoms with van der Waals surface area (Å²) >= 11 is 1.73. The Morgan fingerprint density at radius 3 is 2.88 bits per heavy atom. The van der Waals surface area contributed by atoms with E-state index in [4.69, 9.17) is 5.73 Å². The molecule has 0 saturated carbocycles. The van der Waals surface area contributed by atoms with Gasteiger partial charge in [0.05, 0.1) is 17.6 Å². The summed E-state index contributed by atoms with van der Waals surface area (Å²) in [6.07, 6.45) is 0. The highest BCUT2D eigenvalue weighted by molar-refractivity contribution is 7.09. The van der Waals surface area contributed by atoms with Crippen molar-refractivity contribution in [2.24, 2.45) is 0 Å². The molecule has 0 amide bonds. The molecule has 2 heterocycles. The monoisotopic (exact) mass is 229 g/mol. The summed E-state index contributed by atoms with van der Waals surface area (Å²) in [4.78, 5) is 5.63. The van der Waals surface area contributed by atoms with Gasteiger partial charge in [-0.25, -0.2) is 4.98 Å². The molecular weight excluding hydrogens is 218 g/mol. The number of hydrogen-bond donors (Lipinski definition) is 1. The van der Waals surface area contributed by atoms with E-state index in [-0.39, 0.29) is 0 Å². The molecule has 0 aliphatic carbocycles. The summed E-state index contributed by atoms with van der Waals surface area (Å²) in [6, 6.07) is 12.2. The first kappa shape index (κ1) is 9.42. The van der Waals surface area contributed by atoms with E-state index in [1.54, 1.807) is 11.3 Å². The fourth-order valence-electron chi connectivity index (χ4n) is 1.82. The van der Waals surface area contributed by atoms with Crippen molar-refractivity contribution in [3.05, 3.63) is 46.7 Å². The Bertz CT molecular complexity index is 610. The summed E-state index contributed by atoms with van der Waals surface area (Å²) in [5.74, 6) is 0.578. The molecule has 0 spiro atoms. The van der Waals surface area contributed by atoms with Crippen LogP contribution in [0.3, 0.4) is 0 Å². The number of anilines is 1. The lowest BCUT2D eigenvalue weighted by Crippen LogP contribution is -2.03. The third kappa shape index (κ3) is 1.47. The largest absolute Gasteiger partial charge is 0.369 e. The van der Waals surface area contributed by atoms with Crippen LogP contribution in [0.1, 0.15) is 4.88 Å². The van der Waals surface area contributed by atoms with Gasteiger partial charge in [0.15, 0.2) is 0 Å². The minimum absolute atomic E-state index is 0.578. The van der Waals surface area contributed by atoms with E-state index in [2.05, 4.69) is 22.5 Å². The van der Waals surface area contributed by atoms with Gasteiger partial charge in [-0.05, 0) is 23.6 Å².